The van der Waals surface area contributed by atoms with Gasteiger partial charge in [0.1, 0.15) is 17.9 Å². The number of morpholine rings is 1. The Labute approximate surface area is 160 Å². The van der Waals surface area contributed by atoms with Crippen LogP contribution in [0.2, 0.25) is 0 Å². The lowest BCUT2D eigenvalue weighted by molar-refractivity contribution is -0.122. The highest BCUT2D eigenvalue weighted by Gasteiger charge is 2.13. The molecule has 1 amide bonds. The van der Waals surface area contributed by atoms with E-state index in [2.05, 4.69) is 25.5 Å². The van der Waals surface area contributed by atoms with Crippen LogP contribution in [0.3, 0.4) is 0 Å². The quantitative estimate of drug-likeness (QED) is 0.681. The number of ether oxygens (including phenoxy) is 1. The maximum Gasteiger partial charge on any atom is 0.278 e. The number of benzene rings is 1. The Morgan fingerprint density at radius 1 is 1.18 bits per heavy atom. The SMILES string of the molecule is O=C(Cn1nnc2ccccc2c1=O)NCc1ccnc(N2CCOCC2)c1. The molecule has 1 fully saturated rings. The van der Waals surface area contributed by atoms with Crippen LogP contribution < -0.4 is 15.8 Å². The predicted molar refractivity (Wildman–Crippen MR) is 103 cm³/mol. The number of carbonyl (C=O) groups is 1. The molecule has 144 valence electrons. The van der Waals surface area contributed by atoms with E-state index in [0.717, 1.165) is 29.2 Å². The van der Waals surface area contributed by atoms with Crippen LogP contribution in [-0.4, -0.2) is 52.2 Å². The molecule has 2 aromatic heterocycles. The molecule has 0 bridgehead atoms. The van der Waals surface area contributed by atoms with Crippen molar-refractivity contribution in [1.29, 1.82) is 0 Å². The molecule has 1 aliphatic heterocycles. The van der Waals surface area contributed by atoms with Crippen LogP contribution in [0, 0.1) is 0 Å². The lowest BCUT2D eigenvalue weighted by atomic mass is 10.2. The van der Waals surface area contributed by atoms with Crippen LogP contribution in [-0.2, 0) is 22.6 Å². The minimum Gasteiger partial charge on any atom is -0.378 e. The molecular weight excluding hydrogens is 360 g/mol. The molecule has 0 unspecified atom stereocenters. The van der Waals surface area contributed by atoms with Crippen molar-refractivity contribution in [3.63, 3.8) is 0 Å². The average molecular weight is 380 g/mol. The number of amides is 1. The zero-order valence-electron chi connectivity index (χ0n) is 15.2. The summed E-state index contributed by atoms with van der Waals surface area (Å²) in [7, 11) is 0. The van der Waals surface area contributed by atoms with Crippen molar-refractivity contribution in [2.45, 2.75) is 13.1 Å². The lowest BCUT2D eigenvalue weighted by Crippen LogP contribution is -2.37. The molecule has 3 heterocycles. The first-order valence-electron chi connectivity index (χ1n) is 9.07. The van der Waals surface area contributed by atoms with Crippen molar-refractivity contribution >= 4 is 22.6 Å². The normalized spacial score (nSPS) is 14.2. The average Bonchev–Trinajstić information content (AvgIpc) is 2.75. The molecule has 28 heavy (non-hydrogen) atoms. The third-order valence-electron chi connectivity index (χ3n) is 4.56. The van der Waals surface area contributed by atoms with Gasteiger partial charge in [0.15, 0.2) is 0 Å². The van der Waals surface area contributed by atoms with Gasteiger partial charge in [-0.2, -0.15) is 0 Å². The van der Waals surface area contributed by atoms with Gasteiger partial charge in [0.05, 0.1) is 18.6 Å². The van der Waals surface area contributed by atoms with Gasteiger partial charge in [-0.15, -0.1) is 5.10 Å². The standard InChI is InChI=1S/C19H20N6O3/c26-18(13-25-19(27)15-3-1-2-4-16(15)22-23-25)21-12-14-5-6-20-17(11-14)24-7-9-28-10-8-24/h1-6,11H,7-10,12-13H2,(H,21,26). The minimum absolute atomic E-state index is 0.182. The first-order valence-corrected chi connectivity index (χ1v) is 9.07. The summed E-state index contributed by atoms with van der Waals surface area (Å²) in [5.41, 5.74) is 1.11. The van der Waals surface area contributed by atoms with Crippen molar-refractivity contribution in [2.24, 2.45) is 0 Å². The van der Waals surface area contributed by atoms with Gasteiger partial charge in [0, 0.05) is 25.8 Å². The third-order valence-corrected chi connectivity index (χ3v) is 4.56. The van der Waals surface area contributed by atoms with Gasteiger partial charge < -0.3 is 15.0 Å². The number of rotatable bonds is 5. The van der Waals surface area contributed by atoms with Crippen LogP contribution in [0.15, 0.2) is 47.4 Å². The second kappa shape index (κ2) is 8.13. The summed E-state index contributed by atoms with van der Waals surface area (Å²) in [6, 6.07) is 10.7. The molecule has 9 heteroatoms. The molecule has 0 aliphatic carbocycles. The first-order chi connectivity index (χ1) is 13.7. The van der Waals surface area contributed by atoms with Gasteiger partial charge in [0.25, 0.3) is 5.56 Å². The highest BCUT2D eigenvalue weighted by Crippen LogP contribution is 2.14. The predicted octanol–water partition coefficient (Wildman–Crippen LogP) is 0.339. The molecule has 1 saturated heterocycles. The number of hydrogen-bond donors (Lipinski definition) is 1. The zero-order valence-corrected chi connectivity index (χ0v) is 15.2. The van der Waals surface area contributed by atoms with Gasteiger partial charge in [-0.05, 0) is 29.8 Å². The van der Waals surface area contributed by atoms with E-state index in [1.165, 1.54) is 0 Å². The van der Waals surface area contributed by atoms with E-state index in [0.29, 0.717) is 30.7 Å². The fourth-order valence-electron chi connectivity index (χ4n) is 3.06. The molecule has 1 N–H and O–H groups in total. The Bertz CT molecular complexity index is 1050. The van der Waals surface area contributed by atoms with E-state index in [1.54, 1.807) is 30.5 Å². The van der Waals surface area contributed by atoms with Crippen LogP contribution in [0.25, 0.3) is 10.9 Å². The Kier molecular flexibility index (Phi) is 5.24. The number of anilines is 1. The van der Waals surface area contributed by atoms with Crippen molar-refractivity contribution in [1.82, 2.24) is 25.3 Å². The lowest BCUT2D eigenvalue weighted by Gasteiger charge is -2.28. The van der Waals surface area contributed by atoms with Crippen LogP contribution >= 0.6 is 0 Å². The molecule has 1 aliphatic rings. The van der Waals surface area contributed by atoms with E-state index in [4.69, 9.17) is 4.74 Å². The van der Waals surface area contributed by atoms with E-state index in [9.17, 15) is 9.59 Å². The molecule has 4 rings (SSSR count). The molecule has 0 atom stereocenters. The van der Waals surface area contributed by atoms with Gasteiger partial charge in [-0.25, -0.2) is 9.67 Å². The molecule has 1 aromatic carbocycles. The summed E-state index contributed by atoms with van der Waals surface area (Å²) in [6.45, 7) is 3.12. The zero-order chi connectivity index (χ0) is 19.3. The summed E-state index contributed by atoms with van der Waals surface area (Å²) in [5.74, 6) is 0.558. The maximum absolute atomic E-state index is 12.4. The van der Waals surface area contributed by atoms with E-state index in [-0.39, 0.29) is 18.0 Å². The molecule has 3 aromatic rings. The van der Waals surface area contributed by atoms with E-state index in [1.807, 2.05) is 12.1 Å². The Morgan fingerprint density at radius 3 is 2.86 bits per heavy atom. The summed E-state index contributed by atoms with van der Waals surface area (Å²) in [5, 5.41) is 11.1. The van der Waals surface area contributed by atoms with Gasteiger partial charge in [-0.1, -0.05) is 17.3 Å². The summed E-state index contributed by atoms with van der Waals surface area (Å²) in [6.07, 6.45) is 1.73. The fourth-order valence-corrected chi connectivity index (χ4v) is 3.06. The summed E-state index contributed by atoms with van der Waals surface area (Å²) >= 11 is 0. The van der Waals surface area contributed by atoms with Crippen LogP contribution in [0.5, 0.6) is 0 Å². The number of carbonyl (C=O) groups excluding carboxylic acids is 1. The van der Waals surface area contributed by atoms with Crippen molar-refractivity contribution in [3.8, 4) is 0 Å². The number of fused-ring (bicyclic) bond motifs is 1. The number of nitrogens with zero attached hydrogens (tertiary/aromatic N) is 5. The monoisotopic (exact) mass is 380 g/mol. The van der Waals surface area contributed by atoms with Crippen molar-refractivity contribution < 1.29 is 9.53 Å². The highest BCUT2D eigenvalue weighted by molar-refractivity contribution is 5.78. The topological polar surface area (TPSA) is 102 Å². The third kappa shape index (κ3) is 3.99. The van der Waals surface area contributed by atoms with E-state index >= 15 is 0 Å². The van der Waals surface area contributed by atoms with Gasteiger partial charge in [-0.3, -0.25) is 9.59 Å². The molecule has 0 saturated carbocycles. The Balaban J connectivity index is 1.40. The maximum atomic E-state index is 12.4. The van der Waals surface area contributed by atoms with E-state index < -0.39 is 0 Å². The smallest absolute Gasteiger partial charge is 0.278 e. The number of aromatic nitrogens is 4. The van der Waals surface area contributed by atoms with Crippen LogP contribution in [0.4, 0.5) is 5.82 Å². The number of nitrogens with one attached hydrogen (secondary N) is 1. The molecule has 9 nitrogen and oxygen atoms in total. The molecule has 0 spiro atoms. The van der Waals surface area contributed by atoms with Crippen molar-refractivity contribution in [3.05, 3.63) is 58.5 Å². The first kappa shape index (κ1) is 18.1. The molecule has 0 radical (unpaired) electrons. The molecular formula is C19H20N6O3. The largest absolute Gasteiger partial charge is 0.378 e. The number of pyridine rings is 1. The number of hydrogen-bond acceptors (Lipinski definition) is 7. The summed E-state index contributed by atoms with van der Waals surface area (Å²) in [4.78, 5) is 31.2. The highest BCUT2D eigenvalue weighted by atomic mass is 16.5. The fraction of sp³-hybridized carbons (Fsp3) is 0.316. The van der Waals surface area contributed by atoms with Gasteiger partial charge in [0.2, 0.25) is 5.91 Å². The summed E-state index contributed by atoms with van der Waals surface area (Å²) < 4.78 is 6.43. The Morgan fingerprint density at radius 2 is 2.00 bits per heavy atom. The van der Waals surface area contributed by atoms with Crippen LogP contribution in [0.1, 0.15) is 5.56 Å². The minimum atomic E-state index is -0.334. The second-order valence-corrected chi connectivity index (χ2v) is 6.47. The Hall–Kier alpha value is -3.33. The second-order valence-electron chi connectivity index (χ2n) is 6.47. The van der Waals surface area contributed by atoms with Crippen molar-refractivity contribution in [2.75, 3.05) is 31.2 Å². The van der Waals surface area contributed by atoms with Gasteiger partial charge >= 0.3 is 0 Å².